The van der Waals surface area contributed by atoms with Gasteiger partial charge in [0.1, 0.15) is 0 Å². The van der Waals surface area contributed by atoms with Crippen molar-refractivity contribution in [3.05, 3.63) is 23.3 Å². The first-order valence-electron chi connectivity index (χ1n) is 3.86. The van der Waals surface area contributed by atoms with E-state index >= 15 is 0 Å². The summed E-state index contributed by atoms with van der Waals surface area (Å²) >= 11 is 0. The van der Waals surface area contributed by atoms with Crippen LogP contribution >= 0.6 is 0 Å². The highest BCUT2D eigenvalue weighted by molar-refractivity contribution is 5.34. The average Bonchev–Trinajstić information content (AvgIpc) is 2.15. The van der Waals surface area contributed by atoms with E-state index in [-0.39, 0.29) is 0 Å². The quantitative estimate of drug-likeness (QED) is 0.746. The molecule has 1 rings (SSSR count). The number of ether oxygens (including phenoxy) is 1. The zero-order chi connectivity index (χ0) is 12.5. The second-order valence-electron chi connectivity index (χ2n) is 2.70. The molecule has 8 heteroatoms. The minimum Gasteiger partial charge on any atom is -0.492 e. The summed E-state index contributed by atoms with van der Waals surface area (Å²) in [5.41, 5.74) is -3.74. The maximum absolute atomic E-state index is 13.2. The van der Waals surface area contributed by atoms with Crippen LogP contribution in [0.25, 0.3) is 0 Å². The zero-order valence-corrected chi connectivity index (χ0v) is 7.78. The van der Waals surface area contributed by atoms with Crippen molar-refractivity contribution in [2.24, 2.45) is 0 Å². The number of alkyl halides is 5. The average molecular weight is 245 g/mol. The molecule has 0 aliphatic carbocycles. The minimum absolute atomic E-state index is 0.407. The van der Waals surface area contributed by atoms with E-state index in [0.29, 0.717) is 6.20 Å². The van der Waals surface area contributed by atoms with E-state index in [1.54, 1.807) is 0 Å². The largest absolute Gasteiger partial charge is 0.492 e. The first-order chi connectivity index (χ1) is 7.29. The van der Waals surface area contributed by atoms with Gasteiger partial charge in [0.05, 0.1) is 18.9 Å². The molecule has 0 saturated carbocycles. The third-order valence-corrected chi connectivity index (χ3v) is 1.73. The number of aromatic nitrogens is 1. The van der Waals surface area contributed by atoms with Crippen molar-refractivity contribution < 1.29 is 31.1 Å². The normalized spacial score (nSPS) is 12.0. The molecule has 1 heterocycles. The molecule has 16 heavy (non-hydrogen) atoms. The Labute approximate surface area is 85.9 Å². The molecular formula is C8H5F6NO. The van der Waals surface area contributed by atoms with Gasteiger partial charge >= 0.3 is 6.18 Å². The Morgan fingerprint density at radius 3 is 2.25 bits per heavy atom. The summed E-state index contributed by atoms with van der Waals surface area (Å²) in [6.45, 7) is 0. The van der Waals surface area contributed by atoms with Gasteiger partial charge in [0.15, 0.2) is 17.3 Å². The Balaban J connectivity index is 3.47. The Kier molecular flexibility index (Phi) is 3.30. The van der Waals surface area contributed by atoms with Gasteiger partial charge in [0.25, 0.3) is 6.43 Å². The number of hydrogen-bond acceptors (Lipinski definition) is 2. The lowest BCUT2D eigenvalue weighted by Crippen LogP contribution is -2.14. The van der Waals surface area contributed by atoms with E-state index in [2.05, 4.69) is 9.72 Å². The Bertz CT molecular complexity index is 389. The number of methoxy groups -OCH3 is 1. The first kappa shape index (κ1) is 12.6. The van der Waals surface area contributed by atoms with Crippen LogP contribution < -0.4 is 4.74 Å². The molecule has 0 atom stereocenters. The molecule has 0 saturated heterocycles. The lowest BCUT2D eigenvalue weighted by Gasteiger charge is -2.13. The number of hydrogen-bond donors (Lipinski definition) is 0. The predicted octanol–water partition coefficient (Wildman–Crippen LogP) is 3.19. The Hall–Kier alpha value is -1.47. The van der Waals surface area contributed by atoms with Crippen molar-refractivity contribution in [2.45, 2.75) is 12.6 Å². The molecule has 0 aromatic carbocycles. The topological polar surface area (TPSA) is 22.1 Å². The molecule has 0 spiro atoms. The van der Waals surface area contributed by atoms with Crippen LogP contribution in [0.2, 0.25) is 0 Å². The zero-order valence-electron chi connectivity index (χ0n) is 7.78. The summed E-state index contributed by atoms with van der Waals surface area (Å²) < 4.78 is 78.7. The highest BCUT2D eigenvalue weighted by Gasteiger charge is 2.40. The second kappa shape index (κ2) is 4.18. The van der Waals surface area contributed by atoms with Crippen molar-refractivity contribution in [1.82, 2.24) is 4.98 Å². The number of nitrogens with zero attached hydrogens (tertiary/aromatic N) is 1. The number of halogens is 6. The summed E-state index contributed by atoms with van der Waals surface area (Å²) in [6, 6.07) is 0. The Morgan fingerprint density at radius 2 is 1.88 bits per heavy atom. The van der Waals surface area contributed by atoms with Crippen LogP contribution in [0.3, 0.4) is 0 Å². The van der Waals surface area contributed by atoms with Crippen LogP contribution in [-0.4, -0.2) is 12.1 Å². The number of rotatable bonds is 2. The van der Waals surface area contributed by atoms with Crippen molar-refractivity contribution >= 4 is 0 Å². The lowest BCUT2D eigenvalue weighted by molar-refractivity contribution is -0.143. The van der Waals surface area contributed by atoms with Crippen molar-refractivity contribution in [3.8, 4) is 5.75 Å². The third kappa shape index (κ3) is 2.20. The molecule has 0 aliphatic heterocycles. The van der Waals surface area contributed by atoms with E-state index in [4.69, 9.17) is 0 Å². The summed E-state index contributed by atoms with van der Waals surface area (Å²) in [5.74, 6) is -2.51. The van der Waals surface area contributed by atoms with Crippen LogP contribution in [0.5, 0.6) is 5.75 Å². The first-order valence-corrected chi connectivity index (χ1v) is 3.86. The van der Waals surface area contributed by atoms with Crippen molar-refractivity contribution in [1.29, 1.82) is 0 Å². The Morgan fingerprint density at radius 1 is 1.31 bits per heavy atom. The fraction of sp³-hybridized carbons (Fsp3) is 0.375. The molecule has 0 N–H and O–H groups in total. The van der Waals surface area contributed by atoms with Crippen molar-refractivity contribution in [3.63, 3.8) is 0 Å². The summed E-state index contributed by atoms with van der Waals surface area (Å²) in [4.78, 5) is 2.73. The fourth-order valence-electron chi connectivity index (χ4n) is 1.05. The third-order valence-electron chi connectivity index (χ3n) is 1.73. The van der Waals surface area contributed by atoms with Gasteiger partial charge in [-0.05, 0) is 0 Å². The molecule has 0 fully saturated rings. The molecule has 2 nitrogen and oxygen atoms in total. The minimum atomic E-state index is -5.14. The second-order valence-corrected chi connectivity index (χ2v) is 2.70. The molecule has 90 valence electrons. The summed E-state index contributed by atoms with van der Waals surface area (Å²) in [7, 11) is 0.933. The van der Waals surface area contributed by atoms with Crippen LogP contribution in [0.1, 0.15) is 17.7 Å². The van der Waals surface area contributed by atoms with E-state index < -0.39 is 35.4 Å². The maximum Gasteiger partial charge on any atom is 0.433 e. The maximum atomic E-state index is 13.2. The molecule has 0 unspecified atom stereocenters. The van der Waals surface area contributed by atoms with Gasteiger partial charge in [-0.15, -0.1) is 0 Å². The van der Waals surface area contributed by atoms with Gasteiger partial charge < -0.3 is 4.74 Å². The molecule has 0 radical (unpaired) electrons. The molecular weight excluding hydrogens is 240 g/mol. The van der Waals surface area contributed by atoms with Crippen LogP contribution in [0, 0.1) is 5.82 Å². The molecule has 0 aliphatic rings. The van der Waals surface area contributed by atoms with Gasteiger partial charge in [-0.3, -0.25) is 0 Å². The smallest absolute Gasteiger partial charge is 0.433 e. The van der Waals surface area contributed by atoms with Gasteiger partial charge in [-0.2, -0.15) is 13.2 Å². The molecule has 0 bridgehead atoms. The van der Waals surface area contributed by atoms with Gasteiger partial charge in [0, 0.05) is 0 Å². The standard InChI is InChI=1S/C8H5F6NO/c1-16-3-2-15-6(8(12,13)14)4(5(3)9)7(10)11/h2,7H,1H3. The van der Waals surface area contributed by atoms with E-state index in [1.165, 1.54) is 0 Å². The van der Waals surface area contributed by atoms with Gasteiger partial charge in [0.2, 0.25) is 0 Å². The summed E-state index contributed by atoms with van der Waals surface area (Å²) in [5, 5.41) is 0. The lowest BCUT2D eigenvalue weighted by atomic mass is 10.1. The monoisotopic (exact) mass is 245 g/mol. The fourth-order valence-corrected chi connectivity index (χ4v) is 1.05. The van der Waals surface area contributed by atoms with Crippen LogP contribution in [0.15, 0.2) is 6.20 Å². The van der Waals surface area contributed by atoms with E-state index in [0.717, 1.165) is 7.11 Å². The molecule has 1 aromatic rings. The van der Waals surface area contributed by atoms with Gasteiger partial charge in [-0.1, -0.05) is 0 Å². The van der Waals surface area contributed by atoms with Crippen LogP contribution in [-0.2, 0) is 6.18 Å². The number of pyridine rings is 1. The van der Waals surface area contributed by atoms with Gasteiger partial charge in [-0.25, -0.2) is 18.2 Å². The SMILES string of the molecule is COc1cnc(C(F)(F)F)c(C(F)F)c1F. The van der Waals surface area contributed by atoms with Crippen molar-refractivity contribution in [2.75, 3.05) is 7.11 Å². The van der Waals surface area contributed by atoms with E-state index in [1.807, 2.05) is 0 Å². The highest BCUT2D eigenvalue weighted by Crippen LogP contribution is 2.38. The molecule has 1 aromatic heterocycles. The van der Waals surface area contributed by atoms with E-state index in [9.17, 15) is 26.3 Å². The van der Waals surface area contributed by atoms with Crippen LogP contribution in [0.4, 0.5) is 26.3 Å². The molecule has 0 amide bonds. The summed E-state index contributed by atoms with van der Waals surface area (Å²) in [6.07, 6.45) is -8.36. The highest BCUT2D eigenvalue weighted by atomic mass is 19.4. The predicted molar refractivity (Wildman–Crippen MR) is 40.7 cm³/mol.